The summed E-state index contributed by atoms with van der Waals surface area (Å²) in [6.07, 6.45) is 16.5. The third kappa shape index (κ3) is 20.5. The molecule has 0 aromatic rings. The van der Waals surface area contributed by atoms with Crippen LogP contribution in [0.4, 0.5) is 0 Å². The first kappa shape index (κ1) is 24.5. The van der Waals surface area contributed by atoms with Crippen molar-refractivity contribution in [1.82, 2.24) is 0 Å². The Labute approximate surface area is 157 Å². The monoisotopic (exact) mass is 376 g/mol. The molecule has 0 saturated heterocycles. The maximum absolute atomic E-state index is 9.88. The Morgan fingerprint density at radius 1 is 0.792 bits per heavy atom. The summed E-state index contributed by atoms with van der Waals surface area (Å²) in [5.74, 6) is 2.00. The summed E-state index contributed by atoms with van der Waals surface area (Å²) in [5, 5.41) is 9.88. The molecule has 0 aromatic carbocycles. The lowest BCUT2D eigenvalue weighted by Crippen LogP contribution is -2.31. The fourth-order valence-corrected chi connectivity index (χ4v) is 4.29. The topological polar surface area (TPSA) is 29.5 Å². The van der Waals surface area contributed by atoms with Gasteiger partial charge in [-0.15, -0.1) is 0 Å². The predicted octanol–water partition coefficient (Wildman–Crippen LogP) is 6.63. The van der Waals surface area contributed by atoms with Gasteiger partial charge in [0, 0.05) is 5.75 Å². The second kappa shape index (κ2) is 16.9. The van der Waals surface area contributed by atoms with Crippen LogP contribution in [0.1, 0.15) is 84.0 Å². The van der Waals surface area contributed by atoms with E-state index in [0.29, 0.717) is 6.61 Å². The lowest BCUT2D eigenvalue weighted by Gasteiger charge is -2.19. The van der Waals surface area contributed by atoms with E-state index in [2.05, 4.69) is 26.6 Å². The number of thioether (sulfide) groups is 1. The molecule has 0 bridgehead atoms. The van der Waals surface area contributed by atoms with E-state index in [4.69, 9.17) is 4.43 Å². The van der Waals surface area contributed by atoms with Gasteiger partial charge in [0.05, 0.1) is 12.7 Å². The van der Waals surface area contributed by atoms with E-state index in [9.17, 15) is 5.11 Å². The van der Waals surface area contributed by atoms with Gasteiger partial charge in [-0.25, -0.2) is 0 Å². The third-order valence-corrected chi connectivity index (χ3v) is 6.39. The van der Waals surface area contributed by atoms with Crippen LogP contribution in [0.5, 0.6) is 0 Å². The summed E-state index contributed by atoms with van der Waals surface area (Å²) < 4.78 is 5.74. The van der Waals surface area contributed by atoms with E-state index in [0.717, 1.165) is 5.75 Å². The number of hydrogen-bond donors (Lipinski definition) is 1. The first-order chi connectivity index (χ1) is 11.5. The van der Waals surface area contributed by atoms with Crippen LogP contribution in [-0.2, 0) is 4.43 Å². The van der Waals surface area contributed by atoms with Gasteiger partial charge in [-0.3, -0.25) is 0 Å². The summed E-state index contributed by atoms with van der Waals surface area (Å²) in [4.78, 5) is 0. The molecule has 0 saturated carbocycles. The van der Waals surface area contributed by atoms with Crippen molar-refractivity contribution in [2.75, 3.05) is 18.1 Å². The Morgan fingerprint density at radius 3 is 1.71 bits per heavy atom. The van der Waals surface area contributed by atoms with Crippen molar-refractivity contribution < 1.29 is 9.53 Å². The normalized spacial score (nSPS) is 13.4. The zero-order chi connectivity index (χ0) is 18.1. The molecule has 0 aliphatic heterocycles. The molecule has 1 N–H and O–H groups in total. The summed E-state index contributed by atoms with van der Waals surface area (Å²) in [5.41, 5.74) is 0. The first-order valence-electron chi connectivity index (χ1n) is 10.4. The van der Waals surface area contributed by atoms with Gasteiger partial charge in [0.2, 0.25) is 0 Å². The van der Waals surface area contributed by atoms with Crippen molar-refractivity contribution in [2.45, 2.75) is 110 Å². The van der Waals surface area contributed by atoms with Gasteiger partial charge in [-0.2, -0.15) is 11.8 Å². The zero-order valence-electron chi connectivity index (χ0n) is 16.9. The number of hydrogen-bond acceptors (Lipinski definition) is 3. The summed E-state index contributed by atoms with van der Waals surface area (Å²) in [6.45, 7) is 9.29. The molecule has 0 radical (unpaired) electrons. The van der Waals surface area contributed by atoms with Crippen molar-refractivity contribution in [2.24, 2.45) is 0 Å². The zero-order valence-corrected chi connectivity index (χ0v) is 18.8. The van der Waals surface area contributed by atoms with E-state index in [1.165, 1.54) is 82.8 Å². The van der Waals surface area contributed by atoms with Crippen LogP contribution < -0.4 is 0 Å². The van der Waals surface area contributed by atoms with Crippen LogP contribution in [0.15, 0.2) is 0 Å². The molecule has 146 valence electrons. The molecular weight excluding hydrogens is 332 g/mol. The number of unbranched alkanes of at least 4 members (excludes halogenated alkanes) is 11. The largest absolute Gasteiger partial charge is 0.415 e. The highest BCUT2D eigenvalue weighted by Crippen LogP contribution is 2.14. The second-order valence-corrected chi connectivity index (χ2v) is 13.7. The molecule has 4 heteroatoms. The lowest BCUT2D eigenvalue weighted by molar-refractivity contribution is 0.122. The summed E-state index contributed by atoms with van der Waals surface area (Å²) in [6, 6.07) is 0. The van der Waals surface area contributed by atoms with Crippen molar-refractivity contribution in [3.05, 3.63) is 0 Å². The smallest absolute Gasteiger partial charge is 0.183 e. The molecule has 0 rings (SSSR count). The fraction of sp³-hybridized carbons (Fsp3) is 1.00. The molecule has 0 amide bonds. The second-order valence-electron chi connectivity index (χ2n) is 8.04. The molecule has 0 spiro atoms. The minimum atomic E-state index is -1.48. The third-order valence-electron chi connectivity index (χ3n) is 4.16. The van der Waals surface area contributed by atoms with Gasteiger partial charge in [0.15, 0.2) is 8.32 Å². The van der Waals surface area contributed by atoms with Gasteiger partial charge in [-0.05, 0) is 31.8 Å². The standard InChI is InChI=1S/C20H44O2SSi/c1-5-6-7-8-9-10-11-12-13-14-15-16-17-23-19-20(21)18-22-24(2,3)4/h20-21H,5-19H2,1-4H3/t20-/m0/s1. The van der Waals surface area contributed by atoms with Gasteiger partial charge < -0.3 is 9.53 Å². The highest BCUT2D eigenvalue weighted by Gasteiger charge is 2.16. The Bertz CT molecular complexity index is 257. The molecule has 24 heavy (non-hydrogen) atoms. The Kier molecular flexibility index (Phi) is 17.3. The quantitative estimate of drug-likeness (QED) is 0.215. The molecule has 0 aliphatic carbocycles. The van der Waals surface area contributed by atoms with Crippen LogP contribution in [-0.4, -0.2) is 37.6 Å². The summed E-state index contributed by atoms with van der Waals surface area (Å²) in [7, 11) is -1.48. The number of rotatable bonds is 18. The van der Waals surface area contributed by atoms with E-state index < -0.39 is 8.32 Å². The maximum atomic E-state index is 9.88. The minimum Gasteiger partial charge on any atom is -0.415 e. The van der Waals surface area contributed by atoms with Gasteiger partial charge in [0.25, 0.3) is 0 Å². The summed E-state index contributed by atoms with van der Waals surface area (Å²) >= 11 is 1.88. The van der Waals surface area contributed by atoms with Crippen molar-refractivity contribution in [1.29, 1.82) is 0 Å². The van der Waals surface area contributed by atoms with Crippen LogP contribution in [0, 0.1) is 0 Å². The van der Waals surface area contributed by atoms with Crippen molar-refractivity contribution in [3.8, 4) is 0 Å². The van der Waals surface area contributed by atoms with Gasteiger partial charge in [-0.1, -0.05) is 77.6 Å². The molecule has 2 nitrogen and oxygen atoms in total. The Morgan fingerprint density at radius 2 is 1.25 bits per heavy atom. The fourth-order valence-electron chi connectivity index (χ4n) is 2.66. The molecule has 0 unspecified atom stereocenters. The average molecular weight is 377 g/mol. The van der Waals surface area contributed by atoms with E-state index >= 15 is 0 Å². The van der Waals surface area contributed by atoms with Crippen LogP contribution in [0.2, 0.25) is 19.6 Å². The molecule has 0 heterocycles. The highest BCUT2D eigenvalue weighted by molar-refractivity contribution is 7.99. The SMILES string of the molecule is CCCCCCCCCCCCCCSC[C@@H](O)CO[Si](C)(C)C. The first-order valence-corrected chi connectivity index (χ1v) is 14.9. The van der Waals surface area contributed by atoms with Crippen LogP contribution >= 0.6 is 11.8 Å². The van der Waals surface area contributed by atoms with Crippen molar-refractivity contribution in [3.63, 3.8) is 0 Å². The average Bonchev–Trinajstić information content (AvgIpc) is 2.52. The molecule has 0 aromatic heterocycles. The lowest BCUT2D eigenvalue weighted by atomic mass is 10.1. The van der Waals surface area contributed by atoms with E-state index in [1.807, 2.05) is 11.8 Å². The maximum Gasteiger partial charge on any atom is 0.183 e. The van der Waals surface area contributed by atoms with Crippen LogP contribution in [0.25, 0.3) is 0 Å². The molecule has 1 atom stereocenters. The van der Waals surface area contributed by atoms with Gasteiger partial charge >= 0.3 is 0 Å². The molecule has 0 fully saturated rings. The molecular formula is C20H44O2SSi. The minimum absolute atomic E-state index is 0.293. The number of aliphatic hydroxyl groups excluding tert-OH is 1. The van der Waals surface area contributed by atoms with Crippen molar-refractivity contribution >= 4 is 20.1 Å². The predicted molar refractivity (Wildman–Crippen MR) is 114 cm³/mol. The Balaban J connectivity index is 3.15. The Hall–Kier alpha value is 0.487. The van der Waals surface area contributed by atoms with E-state index in [-0.39, 0.29) is 6.10 Å². The van der Waals surface area contributed by atoms with E-state index in [1.54, 1.807) is 0 Å². The molecule has 0 aliphatic rings. The number of aliphatic hydroxyl groups is 1. The van der Waals surface area contributed by atoms with Crippen LogP contribution in [0.3, 0.4) is 0 Å². The highest BCUT2D eigenvalue weighted by atomic mass is 32.2. The van der Waals surface area contributed by atoms with Gasteiger partial charge in [0.1, 0.15) is 0 Å².